The van der Waals surface area contributed by atoms with Gasteiger partial charge in [0, 0.05) is 20.3 Å². The first kappa shape index (κ1) is 8.18. The van der Waals surface area contributed by atoms with Crippen LogP contribution in [-0.4, -0.2) is 26.2 Å². The van der Waals surface area contributed by atoms with Crippen LogP contribution in [0, 0.1) is 0 Å². The minimum atomic E-state index is 0.656. The Kier molecular flexibility index (Phi) is 1.97. The van der Waals surface area contributed by atoms with Gasteiger partial charge in [0.1, 0.15) is 5.01 Å². The van der Waals surface area contributed by atoms with E-state index in [0.29, 0.717) is 5.95 Å². The van der Waals surface area contributed by atoms with E-state index in [-0.39, 0.29) is 0 Å². The molecule has 2 aromatic rings. The normalized spacial score (nSPS) is 10.3. The summed E-state index contributed by atoms with van der Waals surface area (Å²) in [4.78, 5) is 4.26. The molecule has 0 saturated heterocycles. The summed E-state index contributed by atoms with van der Waals surface area (Å²) in [5.41, 5.74) is 1.00. The van der Waals surface area contributed by atoms with E-state index in [2.05, 4.69) is 19.8 Å². The molecule has 13 heavy (non-hydrogen) atoms. The first-order chi connectivity index (χ1) is 6.29. The Balaban J connectivity index is 2.35. The lowest BCUT2D eigenvalue weighted by atomic mass is 10.4. The van der Waals surface area contributed by atoms with E-state index in [1.165, 1.54) is 11.5 Å². The molecule has 0 aromatic carbocycles. The van der Waals surface area contributed by atoms with Gasteiger partial charge in [-0.2, -0.15) is 14.5 Å². The largest absolute Gasteiger partial charge is 0.357 e. The molecule has 0 bridgehead atoms. The number of aromatic nitrogens is 4. The highest BCUT2D eigenvalue weighted by Gasteiger charge is 2.06. The zero-order valence-electron chi connectivity index (χ0n) is 7.35. The Bertz CT molecular complexity index is 404. The van der Waals surface area contributed by atoms with Gasteiger partial charge in [0.25, 0.3) is 0 Å². The first-order valence-electron chi connectivity index (χ1n) is 3.80. The minimum Gasteiger partial charge on any atom is -0.357 e. The third-order valence-corrected chi connectivity index (χ3v) is 2.37. The van der Waals surface area contributed by atoms with Gasteiger partial charge in [-0.05, 0) is 11.5 Å². The predicted octanol–water partition coefficient (Wildman–Crippen LogP) is 0.980. The molecule has 0 aliphatic rings. The van der Waals surface area contributed by atoms with E-state index in [1.54, 1.807) is 17.9 Å². The molecule has 68 valence electrons. The summed E-state index contributed by atoms with van der Waals surface area (Å²) < 4.78 is 5.85. The Morgan fingerprint density at radius 1 is 1.54 bits per heavy atom. The summed E-state index contributed by atoms with van der Waals surface area (Å²) in [6.45, 7) is 0. The summed E-state index contributed by atoms with van der Waals surface area (Å²) in [6.07, 6.45) is 3.69. The molecule has 0 saturated carbocycles. The number of hydrogen-bond donors (Lipinski definition) is 1. The minimum absolute atomic E-state index is 0.656. The van der Waals surface area contributed by atoms with Gasteiger partial charge in [-0.1, -0.05) is 0 Å². The third-order valence-electron chi connectivity index (χ3n) is 1.60. The topological polar surface area (TPSA) is 55.6 Å². The van der Waals surface area contributed by atoms with E-state index in [4.69, 9.17) is 0 Å². The summed E-state index contributed by atoms with van der Waals surface area (Å²) in [5.74, 6) is 0.656. The summed E-state index contributed by atoms with van der Waals surface area (Å²) in [6, 6.07) is 0. The highest BCUT2D eigenvalue weighted by atomic mass is 32.1. The molecule has 0 unspecified atom stereocenters. The molecule has 0 amide bonds. The summed E-state index contributed by atoms with van der Waals surface area (Å²) in [7, 11) is 3.68. The molecule has 0 fully saturated rings. The van der Waals surface area contributed by atoms with Crippen LogP contribution in [0.1, 0.15) is 0 Å². The van der Waals surface area contributed by atoms with Gasteiger partial charge < -0.3 is 5.32 Å². The number of rotatable bonds is 2. The highest BCUT2D eigenvalue weighted by molar-refractivity contribution is 7.09. The molecule has 6 heteroatoms. The first-order valence-corrected chi connectivity index (χ1v) is 4.57. The molecular formula is C7H9N5S. The van der Waals surface area contributed by atoms with Gasteiger partial charge in [-0.25, -0.2) is 0 Å². The van der Waals surface area contributed by atoms with Crippen LogP contribution in [0.3, 0.4) is 0 Å². The van der Waals surface area contributed by atoms with Crippen molar-refractivity contribution in [2.45, 2.75) is 0 Å². The molecule has 1 N–H and O–H groups in total. The van der Waals surface area contributed by atoms with E-state index < -0.39 is 0 Å². The van der Waals surface area contributed by atoms with Crippen LogP contribution in [0.2, 0.25) is 0 Å². The third kappa shape index (κ3) is 1.52. The van der Waals surface area contributed by atoms with Gasteiger partial charge in [-0.15, -0.1) is 0 Å². The van der Waals surface area contributed by atoms with Crippen LogP contribution in [0.15, 0.2) is 12.4 Å². The van der Waals surface area contributed by atoms with Crippen LogP contribution in [0.5, 0.6) is 0 Å². The van der Waals surface area contributed by atoms with Crippen molar-refractivity contribution in [2.75, 3.05) is 12.4 Å². The fourth-order valence-electron chi connectivity index (χ4n) is 0.974. The zero-order valence-corrected chi connectivity index (χ0v) is 8.17. The molecule has 0 aliphatic carbocycles. The lowest BCUT2D eigenvalue weighted by Crippen LogP contribution is -1.88. The monoisotopic (exact) mass is 195 g/mol. The van der Waals surface area contributed by atoms with E-state index in [1.807, 2.05) is 13.2 Å². The maximum absolute atomic E-state index is 4.26. The highest BCUT2D eigenvalue weighted by Crippen LogP contribution is 2.21. The molecule has 0 spiro atoms. The summed E-state index contributed by atoms with van der Waals surface area (Å²) >= 11 is 1.36. The van der Waals surface area contributed by atoms with Crippen molar-refractivity contribution in [1.82, 2.24) is 19.1 Å². The van der Waals surface area contributed by atoms with Crippen molar-refractivity contribution >= 4 is 17.5 Å². The molecule has 5 nitrogen and oxygen atoms in total. The Labute approximate surface area is 79.6 Å². The lowest BCUT2D eigenvalue weighted by Gasteiger charge is -1.86. The summed E-state index contributed by atoms with van der Waals surface area (Å²) in [5, 5.41) is 7.83. The van der Waals surface area contributed by atoms with Gasteiger partial charge in [0.15, 0.2) is 0 Å². The van der Waals surface area contributed by atoms with Crippen LogP contribution in [-0.2, 0) is 7.05 Å². The fourth-order valence-corrected chi connectivity index (χ4v) is 1.62. The predicted molar refractivity (Wildman–Crippen MR) is 51.7 cm³/mol. The van der Waals surface area contributed by atoms with Crippen LogP contribution in [0.25, 0.3) is 10.6 Å². The second-order valence-corrected chi connectivity index (χ2v) is 3.33. The number of aryl methyl sites for hydroxylation is 1. The maximum Gasteiger partial charge on any atom is 0.234 e. The number of nitrogens with zero attached hydrogens (tertiary/aromatic N) is 4. The van der Waals surface area contributed by atoms with E-state index >= 15 is 0 Å². The van der Waals surface area contributed by atoms with Crippen molar-refractivity contribution in [3.05, 3.63) is 12.4 Å². The van der Waals surface area contributed by atoms with E-state index in [9.17, 15) is 0 Å². The number of nitrogens with one attached hydrogen (secondary N) is 1. The molecular weight excluding hydrogens is 186 g/mol. The molecule has 2 heterocycles. The SMILES string of the molecule is CNc1nsc(-c2cnn(C)c2)n1. The zero-order chi connectivity index (χ0) is 9.26. The fraction of sp³-hybridized carbons (Fsp3) is 0.286. The van der Waals surface area contributed by atoms with E-state index in [0.717, 1.165) is 10.6 Å². The van der Waals surface area contributed by atoms with Gasteiger partial charge in [0.05, 0.1) is 11.8 Å². The molecule has 2 aromatic heterocycles. The Hall–Kier alpha value is -1.43. The van der Waals surface area contributed by atoms with Gasteiger partial charge >= 0.3 is 0 Å². The molecule has 2 rings (SSSR count). The second-order valence-electron chi connectivity index (χ2n) is 2.58. The van der Waals surface area contributed by atoms with Gasteiger partial charge in [0.2, 0.25) is 5.95 Å². The van der Waals surface area contributed by atoms with Crippen molar-refractivity contribution in [1.29, 1.82) is 0 Å². The van der Waals surface area contributed by atoms with Crippen LogP contribution in [0.4, 0.5) is 5.95 Å². The Morgan fingerprint density at radius 2 is 2.38 bits per heavy atom. The number of anilines is 1. The standard InChI is InChI=1S/C7H9N5S/c1-8-7-10-6(13-11-7)5-3-9-12(2)4-5/h3-4H,1-2H3,(H,8,11). The lowest BCUT2D eigenvalue weighted by molar-refractivity contribution is 0.768. The maximum atomic E-state index is 4.26. The molecule has 0 radical (unpaired) electrons. The van der Waals surface area contributed by atoms with Crippen LogP contribution < -0.4 is 5.32 Å². The second kappa shape index (κ2) is 3.14. The average Bonchev–Trinajstić information content (AvgIpc) is 2.71. The molecule has 0 atom stereocenters. The van der Waals surface area contributed by atoms with Gasteiger partial charge in [-0.3, -0.25) is 4.68 Å². The van der Waals surface area contributed by atoms with Crippen molar-refractivity contribution < 1.29 is 0 Å². The van der Waals surface area contributed by atoms with Crippen molar-refractivity contribution in [3.8, 4) is 10.6 Å². The smallest absolute Gasteiger partial charge is 0.234 e. The Morgan fingerprint density at radius 3 is 2.92 bits per heavy atom. The molecule has 0 aliphatic heterocycles. The number of hydrogen-bond acceptors (Lipinski definition) is 5. The van der Waals surface area contributed by atoms with Crippen LogP contribution >= 0.6 is 11.5 Å². The van der Waals surface area contributed by atoms with Crippen molar-refractivity contribution in [3.63, 3.8) is 0 Å². The van der Waals surface area contributed by atoms with Crippen molar-refractivity contribution in [2.24, 2.45) is 7.05 Å². The average molecular weight is 195 g/mol. The quantitative estimate of drug-likeness (QED) is 0.776.